The Bertz CT molecular complexity index is 166. The SMILES string of the molecule is COC(=O)CN(C)CC1CCCO1. The van der Waals surface area contributed by atoms with Gasteiger partial charge in [0.05, 0.1) is 19.8 Å². The van der Waals surface area contributed by atoms with Gasteiger partial charge in [0, 0.05) is 13.2 Å². The van der Waals surface area contributed by atoms with Crippen LogP contribution in [0.1, 0.15) is 12.8 Å². The van der Waals surface area contributed by atoms with E-state index in [1.807, 2.05) is 11.9 Å². The van der Waals surface area contributed by atoms with Gasteiger partial charge in [0.15, 0.2) is 0 Å². The standard InChI is InChI=1S/C9H17NO3/c1-10(7-9(11)12-2)6-8-4-3-5-13-8/h8H,3-7H2,1-2H3. The zero-order chi connectivity index (χ0) is 9.68. The van der Waals surface area contributed by atoms with Crippen LogP contribution in [0.3, 0.4) is 0 Å². The van der Waals surface area contributed by atoms with E-state index >= 15 is 0 Å². The number of carbonyl (C=O) groups is 1. The van der Waals surface area contributed by atoms with Gasteiger partial charge < -0.3 is 9.47 Å². The summed E-state index contributed by atoms with van der Waals surface area (Å²) < 4.78 is 10.0. The molecule has 0 N–H and O–H groups in total. The highest BCUT2D eigenvalue weighted by atomic mass is 16.5. The Hall–Kier alpha value is -0.610. The Balaban J connectivity index is 2.16. The zero-order valence-electron chi connectivity index (χ0n) is 8.28. The van der Waals surface area contributed by atoms with Gasteiger partial charge in [-0.3, -0.25) is 9.69 Å². The third-order valence-corrected chi connectivity index (χ3v) is 2.17. The molecule has 0 saturated carbocycles. The van der Waals surface area contributed by atoms with E-state index in [1.165, 1.54) is 7.11 Å². The van der Waals surface area contributed by atoms with Crippen molar-refractivity contribution >= 4 is 5.97 Å². The number of hydrogen-bond acceptors (Lipinski definition) is 4. The lowest BCUT2D eigenvalue weighted by molar-refractivity contribution is -0.141. The first kappa shape index (κ1) is 10.5. The van der Waals surface area contributed by atoms with E-state index in [4.69, 9.17) is 4.74 Å². The lowest BCUT2D eigenvalue weighted by atomic mass is 10.2. The highest BCUT2D eigenvalue weighted by molar-refractivity contribution is 5.71. The van der Waals surface area contributed by atoms with Gasteiger partial charge in [-0.2, -0.15) is 0 Å². The first-order valence-electron chi connectivity index (χ1n) is 4.59. The number of ether oxygens (including phenoxy) is 2. The number of methoxy groups -OCH3 is 1. The Morgan fingerprint density at radius 2 is 2.46 bits per heavy atom. The predicted molar refractivity (Wildman–Crippen MR) is 48.5 cm³/mol. The average Bonchev–Trinajstić information content (AvgIpc) is 2.56. The molecular weight excluding hydrogens is 170 g/mol. The lowest BCUT2D eigenvalue weighted by Gasteiger charge is -2.18. The van der Waals surface area contributed by atoms with Crippen LogP contribution in [0.4, 0.5) is 0 Å². The lowest BCUT2D eigenvalue weighted by Crippen LogP contribution is -2.33. The Morgan fingerprint density at radius 1 is 1.69 bits per heavy atom. The minimum absolute atomic E-state index is 0.194. The van der Waals surface area contributed by atoms with E-state index in [9.17, 15) is 4.79 Å². The molecule has 0 aromatic heterocycles. The van der Waals surface area contributed by atoms with Crippen LogP contribution in [0.2, 0.25) is 0 Å². The first-order valence-corrected chi connectivity index (χ1v) is 4.59. The van der Waals surface area contributed by atoms with Gasteiger partial charge in [-0.05, 0) is 19.9 Å². The maximum Gasteiger partial charge on any atom is 0.319 e. The van der Waals surface area contributed by atoms with Gasteiger partial charge in [0.1, 0.15) is 0 Å². The molecule has 4 nitrogen and oxygen atoms in total. The van der Waals surface area contributed by atoms with Gasteiger partial charge >= 0.3 is 5.97 Å². The fourth-order valence-corrected chi connectivity index (χ4v) is 1.49. The molecule has 0 radical (unpaired) electrons. The molecule has 0 amide bonds. The molecule has 0 aromatic rings. The van der Waals surface area contributed by atoms with E-state index in [0.29, 0.717) is 12.6 Å². The summed E-state index contributed by atoms with van der Waals surface area (Å²) in [6, 6.07) is 0. The second kappa shape index (κ2) is 5.19. The summed E-state index contributed by atoms with van der Waals surface area (Å²) in [5, 5.41) is 0. The van der Waals surface area contributed by atoms with Gasteiger partial charge in [0.25, 0.3) is 0 Å². The molecule has 0 aromatic carbocycles. The van der Waals surface area contributed by atoms with Crippen molar-refractivity contribution in [3.63, 3.8) is 0 Å². The first-order chi connectivity index (χ1) is 6.22. The number of esters is 1. The van der Waals surface area contributed by atoms with Crippen LogP contribution in [0.25, 0.3) is 0 Å². The second-order valence-electron chi connectivity index (χ2n) is 3.41. The Morgan fingerprint density at radius 3 is 3.00 bits per heavy atom. The summed E-state index contributed by atoms with van der Waals surface area (Å²) >= 11 is 0. The summed E-state index contributed by atoms with van der Waals surface area (Å²) in [7, 11) is 3.31. The predicted octanol–water partition coefficient (Wildman–Crippen LogP) is 0.270. The molecule has 1 heterocycles. The average molecular weight is 187 g/mol. The second-order valence-corrected chi connectivity index (χ2v) is 3.41. The van der Waals surface area contributed by atoms with Crippen molar-refractivity contribution in [2.45, 2.75) is 18.9 Å². The van der Waals surface area contributed by atoms with E-state index in [1.54, 1.807) is 0 Å². The molecule has 13 heavy (non-hydrogen) atoms. The van der Waals surface area contributed by atoms with E-state index in [-0.39, 0.29) is 5.97 Å². The quantitative estimate of drug-likeness (QED) is 0.592. The van der Waals surface area contributed by atoms with Crippen LogP contribution in [-0.4, -0.2) is 50.8 Å². The van der Waals surface area contributed by atoms with Crippen molar-refractivity contribution in [1.82, 2.24) is 4.90 Å². The molecule has 0 aliphatic carbocycles. The van der Waals surface area contributed by atoms with Crippen molar-refractivity contribution in [3.8, 4) is 0 Å². The number of carbonyl (C=O) groups excluding carboxylic acids is 1. The summed E-state index contributed by atoms with van der Waals surface area (Å²) in [5.41, 5.74) is 0. The molecule has 76 valence electrons. The van der Waals surface area contributed by atoms with Crippen LogP contribution in [-0.2, 0) is 14.3 Å². The fraction of sp³-hybridized carbons (Fsp3) is 0.889. The Kier molecular flexibility index (Phi) is 4.18. The van der Waals surface area contributed by atoms with Gasteiger partial charge in [-0.25, -0.2) is 0 Å². The topological polar surface area (TPSA) is 38.8 Å². The summed E-state index contributed by atoms with van der Waals surface area (Å²) in [5.74, 6) is -0.194. The van der Waals surface area contributed by atoms with Crippen LogP contribution in [0.5, 0.6) is 0 Å². The summed E-state index contributed by atoms with van der Waals surface area (Å²) in [6.45, 7) is 2.02. The van der Waals surface area contributed by atoms with Gasteiger partial charge in [-0.1, -0.05) is 0 Å². The van der Waals surface area contributed by atoms with Gasteiger partial charge in [-0.15, -0.1) is 0 Å². The smallest absolute Gasteiger partial charge is 0.319 e. The molecule has 1 saturated heterocycles. The maximum absolute atomic E-state index is 10.9. The number of hydrogen-bond donors (Lipinski definition) is 0. The minimum Gasteiger partial charge on any atom is -0.468 e. The molecular formula is C9H17NO3. The summed E-state index contributed by atoms with van der Waals surface area (Å²) in [4.78, 5) is 12.8. The van der Waals surface area contributed by atoms with Gasteiger partial charge in [0.2, 0.25) is 0 Å². The normalized spacial score (nSPS) is 22.2. The molecule has 1 fully saturated rings. The minimum atomic E-state index is -0.194. The van der Waals surface area contributed by atoms with Crippen molar-refractivity contribution < 1.29 is 14.3 Å². The van der Waals surface area contributed by atoms with Crippen LogP contribution < -0.4 is 0 Å². The molecule has 1 aliphatic heterocycles. The molecule has 1 unspecified atom stereocenters. The maximum atomic E-state index is 10.9. The highest BCUT2D eigenvalue weighted by Gasteiger charge is 2.18. The third-order valence-electron chi connectivity index (χ3n) is 2.17. The Labute approximate surface area is 78.8 Å². The molecule has 4 heteroatoms. The highest BCUT2D eigenvalue weighted by Crippen LogP contribution is 2.12. The zero-order valence-corrected chi connectivity index (χ0v) is 8.28. The summed E-state index contributed by atoms with van der Waals surface area (Å²) in [6.07, 6.45) is 2.54. The van der Waals surface area contributed by atoms with Crippen molar-refractivity contribution in [3.05, 3.63) is 0 Å². The number of rotatable bonds is 4. The molecule has 1 atom stereocenters. The van der Waals surface area contributed by atoms with Crippen molar-refractivity contribution in [2.24, 2.45) is 0 Å². The third kappa shape index (κ3) is 3.74. The van der Waals surface area contributed by atoms with Crippen LogP contribution >= 0.6 is 0 Å². The van der Waals surface area contributed by atoms with E-state index in [0.717, 1.165) is 26.0 Å². The number of likely N-dealkylation sites (N-methyl/N-ethyl adjacent to an activating group) is 1. The van der Waals surface area contributed by atoms with Crippen LogP contribution in [0.15, 0.2) is 0 Å². The van der Waals surface area contributed by atoms with E-state index in [2.05, 4.69) is 4.74 Å². The molecule has 0 spiro atoms. The molecule has 1 aliphatic rings. The molecule has 1 rings (SSSR count). The largest absolute Gasteiger partial charge is 0.468 e. The van der Waals surface area contributed by atoms with Crippen LogP contribution in [0, 0.1) is 0 Å². The van der Waals surface area contributed by atoms with Crippen molar-refractivity contribution in [1.29, 1.82) is 0 Å². The molecule has 0 bridgehead atoms. The van der Waals surface area contributed by atoms with Crippen molar-refractivity contribution in [2.75, 3.05) is 33.9 Å². The fourth-order valence-electron chi connectivity index (χ4n) is 1.49. The van der Waals surface area contributed by atoms with E-state index < -0.39 is 0 Å². The monoisotopic (exact) mass is 187 g/mol. The number of nitrogens with zero attached hydrogens (tertiary/aromatic N) is 1.